The predicted molar refractivity (Wildman–Crippen MR) is 71.5 cm³/mol. The molecule has 2 N–H and O–H groups in total. The first kappa shape index (κ1) is 11.4. The molecule has 0 saturated carbocycles. The zero-order valence-corrected chi connectivity index (χ0v) is 10.1. The van der Waals surface area contributed by atoms with Crippen molar-refractivity contribution in [1.82, 2.24) is 20.3 Å². The van der Waals surface area contributed by atoms with E-state index in [1.807, 2.05) is 30.3 Å². The Morgan fingerprint density at radius 2 is 2.05 bits per heavy atom. The average Bonchev–Trinajstić information content (AvgIpc) is 2.93. The van der Waals surface area contributed by atoms with Crippen molar-refractivity contribution in [1.29, 1.82) is 0 Å². The zero-order valence-electron chi connectivity index (χ0n) is 10.1. The van der Waals surface area contributed by atoms with Crippen LogP contribution in [0.25, 0.3) is 11.2 Å². The second kappa shape index (κ2) is 4.89. The van der Waals surface area contributed by atoms with Crippen LogP contribution in [-0.4, -0.2) is 20.9 Å². The van der Waals surface area contributed by atoms with Crippen molar-refractivity contribution in [3.63, 3.8) is 0 Å². The summed E-state index contributed by atoms with van der Waals surface area (Å²) in [5.41, 5.74) is 2.95. The molecule has 5 nitrogen and oxygen atoms in total. The summed E-state index contributed by atoms with van der Waals surface area (Å²) in [5.74, 6) is -0.146. The van der Waals surface area contributed by atoms with Gasteiger partial charge in [0.1, 0.15) is 0 Å². The molecule has 0 aliphatic carbocycles. The van der Waals surface area contributed by atoms with Gasteiger partial charge in [-0.15, -0.1) is 0 Å². The Bertz CT molecular complexity index is 706. The number of H-pyrrole nitrogens is 1. The van der Waals surface area contributed by atoms with Crippen LogP contribution >= 0.6 is 0 Å². The molecule has 0 fully saturated rings. The average molecular weight is 252 g/mol. The number of hydrogen-bond acceptors (Lipinski definition) is 3. The smallest absolute Gasteiger partial charge is 0.253 e. The van der Waals surface area contributed by atoms with Crippen LogP contribution in [0.2, 0.25) is 0 Å². The molecule has 1 aromatic carbocycles. The van der Waals surface area contributed by atoms with Gasteiger partial charge in [0.2, 0.25) is 0 Å². The van der Waals surface area contributed by atoms with Gasteiger partial charge in [-0.1, -0.05) is 30.3 Å². The fourth-order valence-corrected chi connectivity index (χ4v) is 1.83. The number of carbonyl (C=O) groups excluding carboxylic acids is 1. The van der Waals surface area contributed by atoms with E-state index in [0.29, 0.717) is 17.8 Å². The van der Waals surface area contributed by atoms with Crippen molar-refractivity contribution in [2.45, 2.75) is 6.54 Å². The van der Waals surface area contributed by atoms with Gasteiger partial charge in [-0.2, -0.15) is 0 Å². The minimum Gasteiger partial charge on any atom is -0.348 e. The Labute approximate surface area is 109 Å². The first-order valence-corrected chi connectivity index (χ1v) is 5.94. The number of aromatic nitrogens is 3. The molecule has 0 saturated heterocycles. The zero-order chi connectivity index (χ0) is 13.1. The maximum atomic E-state index is 12.0. The maximum Gasteiger partial charge on any atom is 0.253 e. The Balaban J connectivity index is 1.73. The summed E-state index contributed by atoms with van der Waals surface area (Å²) < 4.78 is 0. The number of carbonyl (C=O) groups is 1. The molecule has 94 valence electrons. The molecule has 0 aliphatic rings. The number of benzene rings is 1. The molecule has 2 heterocycles. The second-order valence-corrected chi connectivity index (χ2v) is 4.17. The van der Waals surface area contributed by atoms with Gasteiger partial charge in [0.25, 0.3) is 5.91 Å². The molecular formula is C14H12N4O. The van der Waals surface area contributed by atoms with E-state index >= 15 is 0 Å². The molecule has 5 heteroatoms. The van der Waals surface area contributed by atoms with E-state index in [1.54, 1.807) is 12.4 Å². The standard InChI is InChI=1S/C14H12N4O/c19-14(16-7-10-4-2-1-3-5-10)11-6-12-13(15-8-11)18-9-17-12/h1-6,8-9H,7H2,(H,16,19)(H,15,17,18). The summed E-state index contributed by atoms with van der Waals surface area (Å²) in [5, 5.41) is 2.86. The van der Waals surface area contributed by atoms with Gasteiger partial charge in [-0.3, -0.25) is 4.79 Å². The summed E-state index contributed by atoms with van der Waals surface area (Å²) in [6.07, 6.45) is 3.09. The number of aromatic amines is 1. The highest BCUT2D eigenvalue weighted by Gasteiger charge is 2.07. The Morgan fingerprint density at radius 1 is 1.21 bits per heavy atom. The summed E-state index contributed by atoms with van der Waals surface area (Å²) in [4.78, 5) is 23.1. The topological polar surface area (TPSA) is 70.7 Å². The molecule has 0 bridgehead atoms. The Kier molecular flexibility index (Phi) is 2.94. The Hall–Kier alpha value is -2.69. The Morgan fingerprint density at radius 3 is 2.89 bits per heavy atom. The van der Waals surface area contributed by atoms with Gasteiger partial charge in [-0.25, -0.2) is 9.97 Å². The van der Waals surface area contributed by atoms with Gasteiger partial charge in [-0.05, 0) is 11.6 Å². The van der Waals surface area contributed by atoms with E-state index in [4.69, 9.17) is 0 Å². The van der Waals surface area contributed by atoms with E-state index in [-0.39, 0.29) is 5.91 Å². The molecule has 3 rings (SSSR count). The van der Waals surface area contributed by atoms with Crippen LogP contribution in [0.15, 0.2) is 48.9 Å². The normalized spacial score (nSPS) is 10.5. The van der Waals surface area contributed by atoms with Gasteiger partial charge in [0.15, 0.2) is 5.65 Å². The lowest BCUT2D eigenvalue weighted by Crippen LogP contribution is -2.22. The molecular weight excluding hydrogens is 240 g/mol. The van der Waals surface area contributed by atoms with Crippen LogP contribution < -0.4 is 5.32 Å². The lowest BCUT2D eigenvalue weighted by Gasteiger charge is -2.04. The minimum atomic E-state index is -0.146. The van der Waals surface area contributed by atoms with E-state index < -0.39 is 0 Å². The van der Waals surface area contributed by atoms with Crippen LogP contribution in [-0.2, 0) is 6.54 Å². The third kappa shape index (κ3) is 2.44. The van der Waals surface area contributed by atoms with Crippen molar-refractivity contribution < 1.29 is 4.79 Å². The molecule has 0 spiro atoms. The number of rotatable bonds is 3. The summed E-state index contributed by atoms with van der Waals surface area (Å²) in [6.45, 7) is 0.501. The lowest BCUT2D eigenvalue weighted by atomic mass is 10.2. The van der Waals surface area contributed by atoms with Crippen LogP contribution in [0.1, 0.15) is 15.9 Å². The number of amides is 1. The first-order chi connectivity index (χ1) is 9.33. The minimum absolute atomic E-state index is 0.146. The van der Waals surface area contributed by atoms with E-state index in [9.17, 15) is 4.79 Å². The number of nitrogens with zero attached hydrogens (tertiary/aromatic N) is 2. The number of pyridine rings is 1. The number of imidazole rings is 1. The van der Waals surface area contributed by atoms with Gasteiger partial charge < -0.3 is 10.3 Å². The highest BCUT2D eigenvalue weighted by molar-refractivity contribution is 5.96. The van der Waals surface area contributed by atoms with Crippen LogP contribution in [0, 0.1) is 0 Å². The monoisotopic (exact) mass is 252 g/mol. The van der Waals surface area contributed by atoms with Crippen molar-refractivity contribution in [3.05, 3.63) is 60.0 Å². The summed E-state index contributed by atoms with van der Waals surface area (Å²) >= 11 is 0. The third-order valence-corrected chi connectivity index (χ3v) is 2.83. The van der Waals surface area contributed by atoms with E-state index in [2.05, 4.69) is 20.3 Å². The number of fused-ring (bicyclic) bond motifs is 1. The van der Waals surface area contributed by atoms with E-state index in [0.717, 1.165) is 11.1 Å². The summed E-state index contributed by atoms with van der Waals surface area (Å²) in [7, 11) is 0. The van der Waals surface area contributed by atoms with Crippen LogP contribution in [0.4, 0.5) is 0 Å². The molecule has 0 atom stereocenters. The van der Waals surface area contributed by atoms with Crippen molar-refractivity contribution in [3.8, 4) is 0 Å². The fraction of sp³-hybridized carbons (Fsp3) is 0.0714. The van der Waals surface area contributed by atoms with Crippen LogP contribution in [0.3, 0.4) is 0 Å². The number of nitrogens with one attached hydrogen (secondary N) is 2. The highest BCUT2D eigenvalue weighted by atomic mass is 16.1. The number of hydrogen-bond donors (Lipinski definition) is 2. The largest absolute Gasteiger partial charge is 0.348 e. The molecule has 2 aromatic heterocycles. The van der Waals surface area contributed by atoms with Crippen molar-refractivity contribution in [2.75, 3.05) is 0 Å². The maximum absolute atomic E-state index is 12.0. The second-order valence-electron chi connectivity index (χ2n) is 4.17. The molecule has 19 heavy (non-hydrogen) atoms. The van der Waals surface area contributed by atoms with E-state index in [1.165, 1.54) is 6.20 Å². The summed E-state index contributed by atoms with van der Waals surface area (Å²) in [6, 6.07) is 11.5. The van der Waals surface area contributed by atoms with Crippen molar-refractivity contribution in [2.24, 2.45) is 0 Å². The molecule has 1 amide bonds. The fourth-order valence-electron chi connectivity index (χ4n) is 1.83. The van der Waals surface area contributed by atoms with Crippen LogP contribution in [0.5, 0.6) is 0 Å². The highest BCUT2D eigenvalue weighted by Crippen LogP contribution is 2.08. The molecule has 0 unspecified atom stereocenters. The predicted octanol–water partition coefficient (Wildman–Crippen LogP) is 1.89. The lowest BCUT2D eigenvalue weighted by molar-refractivity contribution is 0.0950. The molecule has 3 aromatic rings. The molecule has 0 radical (unpaired) electrons. The quantitative estimate of drug-likeness (QED) is 0.747. The molecule has 0 aliphatic heterocycles. The van der Waals surface area contributed by atoms with Crippen molar-refractivity contribution >= 4 is 17.1 Å². The first-order valence-electron chi connectivity index (χ1n) is 5.94. The van der Waals surface area contributed by atoms with Gasteiger partial charge in [0, 0.05) is 12.7 Å². The van der Waals surface area contributed by atoms with Gasteiger partial charge >= 0.3 is 0 Å². The van der Waals surface area contributed by atoms with Gasteiger partial charge in [0.05, 0.1) is 17.4 Å². The SMILES string of the molecule is O=C(NCc1ccccc1)c1cnc2nc[nH]c2c1. The third-order valence-electron chi connectivity index (χ3n) is 2.83.